The second kappa shape index (κ2) is 4.78. The summed E-state index contributed by atoms with van der Waals surface area (Å²) in [5.41, 5.74) is 6.22. The van der Waals surface area contributed by atoms with Crippen molar-refractivity contribution in [1.29, 1.82) is 0 Å². The normalized spacial score (nSPS) is 14.1. The molecule has 0 saturated carbocycles. The molecule has 0 aromatic heterocycles. The van der Waals surface area contributed by atoms with Crippen LogP contribution in [0.3, 0.4) is 0 Å². The number of carbonyl (C=O) groups is 2. The van der Waals surface area contributed by atoms with Gasteiger partial charge in [-0.1, -0.05) is 24.3 Å². The average Bonchev–Trinajstić information content (AvgIpc) is 2.15. The monoisotopic (exact) mass is 306 g/mol. The molecule has 1 radical (unpaired) electrons. The van der Waals surface area contributed by atoms with Gasteiger partial charge in [-0.25, -0.2) is 0 Å². The molecule has 0 amide bonds. The molecular formula is C10H7CsNO2. The molecule has 0 saturated heterocycles. The predicted molar refractivity (Wildman–Crippen MR) is 53.1 cm³/mol. The van der Waals surface area contributed by atoms with Gasteiger partial charge in [-0.15, -0.1) is 0 Å². The van der Waals surface area contributed by atoms with Crippen LogP contribution in [0.2, 0.25) is 0 Å². The Morgan fingerprint density at radius 1 is 1.00 bits per heavy atom. The van der Waals surface area contributed by atoms with Crippen LogP contribution in [0.1, 0.15) is 20.7 Å². The Kier molecular flexibility index (Phi) is 4.18. The van der Waals surface area contributed by atoms with E-state index in [1.165, 1.54) is 6.08 Å². The van der Waals surface area contributed by atoms with Crippen LogP contribution in [0.5, 0.6) is 0 Å². The molecule has 1 aromatic rings. The Morgan fingerprint density at radius 2 is 1.57 bits per heavy atom. The van der Waals surface area contributed by atoms with Crippen LogP contribution in [0.25, 0.3) is 0 Å². The van der Waals surface area contributed by atoms with Crippen molar-refractivity contribution in [3.8, 4) is 0 Å². The van der Waals surface area contributed by atoms with E-state index in [2.05, 4.69) is 0 Å². The quantitative estimate of drug-likeness (QED) is 0.760. The summed E-state index contributed by atoms with van der Waals surface area (Å²) >= 11 is 0. The molecule has 1 aliphatic carbocycles. The summed E-state index contributed by atoms with van der Waals surface area (Å²) in [5, 5.41) is 0. The van der Waals surface area contributed by atoms with Gasteiger partial charge in [-0.05, 0) is 0 Å². The minimum atomic E-state index is -0.268. The average molecular weight is 306 g/mol. The van der Waals surface area contributed by atoms with Crippen LogP contribution in [-0.2, 0) is 0 Å². The number of allylic oxidation sites excluding steroid dienone is 2. The molecule has 0 bridgehead atoms. The fraction of sp³-hybridized carbons (Fsp3) is 0. The zero-order chi connectivity index (χ0) is 9.42. The molecule has 0 aliphatic heterocycles. The van der Waals surface area contributed by atoms with Gasteiger partial charge in [0.15, 0.2) is 5.78 Å². The van der Waals surface area contributed by atoms with Crippen molar-refractivity contribution in [2.45, 2.75) is 0 Å². The van der Waals surface area contributed by atoms with E-state index in [-0.39, 0.29) is 86.2 Å². The maximum atomic E-state index is 11.4. The fourth-order valence-electron chi connectivity index (χ4n) is 1.34. The van der Waals surface area contributed by atoms with E-state index < -0.39 is 0 Å². The van der Waals surface area contributed by atoms with E-state index in [1.54, 1.807) is 24.3 Å². The van der Waals surface area contributed by atoms with Crippen molar-refractivity contribution >= 4 is 80.5 Å². The van der Waals surface area contributed by atoms with Gasteiger partial charge in [-0.2, -0.15) is 0 Å². The number of rotatable bonds is 0. The molecule has 1 aliphatic rings. The first-order valence-corrected chi connectivity index (χ1v) is 3.85. The largest absolute Gasteiger partial charge is 0.395 e. The van der Waals surface area contributed by atoms with Gasteiger partial charge >= 0.3 is 0 Å². The standard InChI is InChI=1S/C10H7NO2.Cs/c11-8-5-9(12)6-3-1-2-4-7(6)10(8)13;/h1-5H,11H2;. The molecule has 0 unspecified atom stereocenters. The molecule has 2 N–H and O–H groups in total. The molecule has 4 heteroatoms. The Balaban J connectivity index is 0.000000980. The van der Waals surface area contributed by atoms with Crippen molar-refractivity contribution < 1.29 is 9.59 Å². The summed E-state index contributed by atoms with van der Waals surface area (Å²) in [7, 11) is 0. The number of fused-ring (bicyclic) bond motifs is 1. The van der Waals surface area contributed by atoms with E-state index in [0.717, 1.165) is 0 Å². The Labute approximate surface area is 140 Å². The van der Waals surface area contributed by atoms with Crippen LogP contribution < -0.4 is 5.73 Å². The van der Waals surface area contributed by atoms with Gasteiger partial charge in [-0.3, -0.25) is 9.59 Å². The van der Waals surface area contributed by atoms with Crippen LogP contribution in [0.4, 0.5) is 0 Å². The van der Waals surface area contributed by atoms with Crippen molar-refractivity contribution in [3.05, 3.63) is 47.2 Å². The summed E-state index contributed by atoms with van der Waals surface area (Å²) in [6, 6.07) is 6.66. The summed E-state index contributed by atoms with van der Waals surface area (Å²) in [4.78, 5) is 22.7. The summed E-state index contributed by atoms with van der Waals surface area (Å²) in [6.07, 6.45) is 1.17. The van der Waals surface area contributed by atoms with Crippen LogP contribution in [0.15, 0.2) is 36.0 Å². The maximum absolute atomic E-state index is 11.4. The third kappa shape index (κ3) is 2.05. The molecule has 0 spiro atoms. The third-order valence-electron chi connectivity index (χ3n) is 1.99. The Hall–Kier alpha value is 0.152. The van der Waals surface area contributed by atoms with Gasteiger partial charge in [0.2, 0.25) is 5.78 Å². The zero-order valence-corrected chi connectivity index (χ0v) is 14.1. The smallest absolute Gasteiger partial charge is 0.209 e. The summed E-state index contributed by atoms with van der Waals surface area (Å²) in [5.74, 6) is -0.470. The Bertz CT molecular complexity index is 438. The maximum Gasteiger partial charge on any atom is 0.209 e. The first-order chi connectivity index (χ1) is 6.20. The minimum absolute atomic E-state index is 0. The second-order valence-corrected chi connectivity index (χ2v) is 2.84. The topological polar surface area (TPSA) is 60.2 Å². The number of hydrogen-bond donors (Lipinski definition) is 1. The molecule has 0 atom stereocenters. The van der Waals surface area contributed by atoms with Crippen LogP contribution >= 0.6 is 0 Å². The van der Waals surface area contributed by atoms with Gasteiger partial charge in [0.05, 0.1) is 5.70 Å². The molecule has 0 fully saturated rings. The van der Waals surface area contributed by atoms with Crippen molar-refractivity contribution in [3.63, 3.8) is 0 Å². The van der Waals surface area contributed by atoms with Gasteiger partial charge in [0.1, 0.15) is 0 Å². The van der Waals surface area contributed by atoms with E-state index in [1.807, 2.05) is 0 Å². The van der Waals surface area contributed by atoms with Crippen molar-refractivity contribution in [2.75, 3.05) is 0 Å². The molecule has 14 heavy (non-hydrogen) atoms. The van der Waals surface area contributed by atoms with Crippen molar-refractivity contribution in [1.82, 2.24) is 0 Å². The molecule has 0 heterocycles. The minimum Gasteiger partial charge on any atom is -0.395 e. The van der Waals surface area contributed by atoms with E-state index in [9.17, 15) is 9.59 Å². The number of hydrogen-bond acceptors (Lipinski definition) is 3. The molecule has 2 rings (SSSR count). The van der Waals surface area contributed by atoms with Gasteiger partial charge in [0.25, 0.3) is 0 Å². The molecule has 65 valence electrons. The third-order valence-corrected chi connectivity index (χ3v) is 1.99. The van der Waals surface area contributed by atoms with Crippen LogP contribution in [0, 0.1) is 0 Å². The summed E-state index contributed by atoms with van der Waals surface area (Å²) < 4.78 is 0. The van der Waals surface area contributed by atoms with E-state index in [4.69, 9.17) is 5.73 Å². The molecular weight excluding hydrogens is 299 g/mol. The first-order valence-electron chi connectivity index (χ1n) is 3.85. The number of Topliss-reactive ketones (excluding diaryl/α,β-unsaturated/α-hetero) is 1. The van der Waals surface area contributed by atoms with Gasteiger partial charge < -0.3 is 5.73 Å². The SMILES string of the molecule is NC1=CC(=O)c2ccccc2C1=O.[Cs]. The fourth-order valence-corrected chi connectivity index (χ4v) is 1.34. The van der Waals surface area contributed by atoms with E-state index in [0.29, 0.717) is 11.1 Å². The predicted octanol–water partition coefficient (Wildman–Crippen LogP) is 0.527. The number of benzene rings is 1. The number of carbonyl (C=O) groups excluding carboxylic acids is 2. The first kappa shape index (κ1) is 12.2. The Morgan fingerprint density at radius 3 is 2.21 bits per heavy atom. The van der Waals surface area contributed by atoms with E-state index >= 15 is 0 Å². The number of ketones is 2. The molecule has 3 nitrogen and oxygen atoms in total. The summed E-state index contributed by atoms with van der Waals surface area (Å²) in [6.45, 7) is 0. The van der Waals surface area contributed by atoms with Crippen molar-refractivity contribution in [2.24, 2.45) is 5.73 Å². The van der Waals surface area contributed by atoms with Gasteiger partial charge in [0, 0.05) is 86.1 Å². The molecule has 1 aromatic carbocycles. The second-order valence-electron chi connectivity index (χ2n) is 2.84. The number of nitrogens with two attached hydrogens (primary N) is 1. The zero-order valence-electron chi connectivity index (χ0n) is 7.78. The van der Waals surface area contributed by atoms with Crippen LogP contribution in [-0.4, -0.2) is 80.5 Å².